The molecule has 6 aromatic rings. The molecule has 0 saturated heterocycles. The van der Waals surface area contributed by atoms with E-state index in [9.17, 15) is 36.7 Å². The Hall–Kier alpha value is -4.94. The Morgan fingerprint density at radius 1 is 0.523 bits per heavy atom. The van der Waals surface area contributed by atoms with E-state index >= 15 is 0 Å². The summed E-state index contributed by atoms with van der Waals surface area (Å²) in [6.07, 6.45) is 2.87. The second-order valence-electron chi connectivity index (χ2n) is 10.6. The minimum absolute atomic E-state index is 0.168. The third-order valence-corrected chi connectivity index (χ3v) is 10.6. The van der Waals surface area contributed by atoms with Crippen LogP contribution in [0.5, 0.6) is 0 Å². The second-order valence-corrected chi connectivity index (χ2v) is 12.7. The predicted octanol–water partition coefficient (Wildman–Crippen LogP) is 7.43. The summed E-state index contributed by atoms with van der Waals surface area (Å²) in [6, 6.07) is 6.64. The van der Waals surface area contributed by atoms with E-state index in [1.807, 2.05) is 21.3 Å². The van der Waals surface area contributed by atoms with Crippen molar-refractivity contribution >= 4 is 87.8 Å². The number of halogens is 4. The Morgan fingerprint density at radius 2 is 0.818 bits per heavy atom. The average Bonchev–Trinajstić information content (AvgIpc) is 3.76. The first kappa shape index (κ1) is 26.7. The van der Waals surface area contributed by atoms with E-state index in [4.69, 9.17) is 0 Å². The van der Waals surface area contributed by atoms with Gasteiger partial charge in [-0.05, 0) is 48.6 Å². The summed E-state index contributed by atoms with van der Waals surface area (Å²) in [6.45, 7) is 0. The van der Waals surface area contributed by atoms with Gasteiger partial charge in [-0.15, -0.1) is 22.7 Å². The molecule has 0 bridgehead atoms. The van der Waals surface area contributed by atoms with E-state index in [-0.39, 0.29) is 33.4 Å². The predicted molar refractivity (Wildman–Crippen MR) is 159 cm³/mol. The normalized spacial score (nSPS) is 14.7. The van der Waals surface area contributed by atoms with Crippen LogP contribution in [0.1, 0.15) is 52.8 Å². The van der Waals surface area contributed by atoms with Gasteiger partial charge in [0.05, 0.1) is 41.0 Å². The van der Waals surface area contributed by atoms with Gasteiger partial charge in [-0.25, -0.2) is 17.6 Å². The number of allylic oxidation sites excluding steroid dienone is 2. The van der Waals surface area contributed by atoms with Gasteiger partial charge in [0.2, 0.25) is 0 Å². The van der Waals surface area contributed by atoms with Crippen LogP contribution in [0.2, 0.25) is 0 Å². The molecule has 0 N–H and O–H groups in total. The Balaban J connectivity index is 1.20. The van der Waals surface area contributed by atoms with Gasteiger partial charge in [0.25, 0.3) is 0 Å². The van der Waals surface area contributed by atoms with Crippen molar-refractivity contribution in [2.24, 2.45) is 14.1 Å². The van der Waals surface area contributed by atoms with Crippen LogP contribution in [0.25, 0.3) is 42.0 Å². The van der Waals surface area contributed by atoms with Gasteiger partial charge >= 0.3 is 0 Å². The zero-order valence-corrected chi connectivity index (χ0v) is 24.1. The van der Waals surface area contributed by atoms with Gasteiger partial charge in [-0.1, -0.05) is 0 Å². The molecule has 0 atom stereocenters. The van der Waals surface area contributed by atoms with Crippen LogP contribution in [-0.2, 0) is 14.1 Å². The monoisotopic (exact) mass is 630 g/mol. The van der Waals surface area contributed by atoms with Gasteiger partial charge < -0.3 is 9.13 Å². The molecule has 12 heteroatoms. The number of aryl methyl sites for hydroxylation is 2. The lowest BCUT2D eigenvalue weighted by molar-refractivity contribution is 0.0974. The van der Waals surface area contributed by atoms with Crippen molar-refractivity contribution in [3.8, 4) is 0 Å². The maximum absolute atomic E-state index is 13.8. The van der Waals surface area contributed by atoms with Crippen LogP contribution in [0, 0.1) is 23.3 Å². The zero-order chi connectivity index (χ0) is 30.9. The molecule has 44 heavy (non-hydrogen) atoms. The summed E-state index contributed by atoms with van der Waals surface area (Å²) in [7, 11) is 3.58. The highest BCUT2D eigenvalue weighted by Gasteiger charge is 2.36. The lowest BCUT2D eigenvalue weighted by atomic mass is 10.1. The molecule has 0 fully saturated rings. The molecule has 4 heterocycles. The number of hydrogen-bond acceptors (Lipinski definition) is 6. The smallest absolute Gasteiger partial charge is 0.197 e. The molecule has 4 aromatic heterocycles. The lowest BCUT2D eigenvalue weighted by Crippen LogP contribution is -2.02. The van der Waals surface area contributed by atoms with Crippen molar-refractivity contribution in [3.05, 3.63) is 104 Å². The van der Waals surface area contributed by atoms with Gasteiger partial charge in [-0.2, -0.15) is 0 Å². The van der Waals surface area contributed by atoms with Crippen LogP contribution >= 0.6 is 22.7 Å². The molecule has 6 nitrogen and oxygen atoms in total. The highest BCUT2D eigenvalue weighted by atomic mass is 32.1. The number of benzene rings is 2. The SMILES string of the molecule is Cn1c(C=C2C(=O)c3cc(F)c(F)cc3C2=O)cc2sc3c(sc4cc(C=C5C(=O)c6cc(F)c(F)cc6C5=O)n(C)c43)c21. The van der Waals surface area contributed by atoms with E-state index in [1.165, 1.54) is 34.8 Å². The van der Waals surface area contributed by atoms with Crippen molar-refractivity contribution in [1.82, 2.24) is 9.13 Å². The lowest BCUT2D eigenvalue weighted by Gasteiger charge is -2.01. The number of rotatable bonds is 2. The fourth-order valence-electron chi connectivity index (χ4n) is 5.96. The number of Topliss-reactive ketones (excluding diaryl/α,β-unsaturated/α-hetero) is 4. The van der Waals surface area contributed by atoms with Crippen LogP contribution < -0.4 is 0 Å². The third-order valence-electron chi connectivity index (χ3n) is 8.19. The summed E-state index contributed by atoms with van der Waals surface area (Å²) < 4.78 is 62.3. The van der Waals surface area contributed by atoms with Gasteiger partial charge in [0, 0.05) is 47.7 Å². The summed E-state index contributed by atoms with van der Waals surface area (Å²) in [5.41, 5.74) is 1.84. The van der Waals surface area contributed by atoms with Crippen LogP contribution in [0.15, 0.2) is 47.5 Å². The van der Waals surface area contributed by atoms with E-state index in [0.29, 0.717) is 11.4 Å². The van der Waals surface area contributed by atoms with Gasteiger partial charge in [-0.3, -0.25) is 19.2 Å². The molecule has 0 aliphatic heterocycles. The number of fused-ring (bicyclic) bond motifs is 7. The maximum Gasteiger partial charge on any atom is 0.197 e. The molecule has 2 aromatic carbocycles. The number of ketones is 4. The third kappa shape index (κ3) is 3.40. The van der Waals surface area contributed by atoms with E-state index in [2.05, 4.69) is 0 Å². The molecule has 216 valence electrons. The number of carbonyl (C=O) groups excluding carboxylic acids is 4. The first-order chi connectivity index (χ1) is 20.9. The van der Waals surface area contributed by atoms with Crippen LogP contribution in [0.3, 0.4) is 0 Å². The highest BCUT2D eigenvalue weighted by molar-refractivity contribution is 7.36. The maximum atomic E-state index is 13.8. The number of hydrogen-bond donors (Lipinski definition) is 0. The van der Waals surface area contributed by atoms with Crippen molar-refractivity contribution in [2.75, 3.05) is 0 Å². The molecular formula is C32H14F4N2O4S2. The van der Waals surface area contributed by atoms with E-state index < -0.39 is 46.4 Å². The summed E-state index contributed by atoms with van der Waals surface area (Å²) in [5.74, 6) is -7.47. The van der Waals surface area contributed by atoms with Gasteiger partial charge in [0.15, 0.2) is 46.4 Å². The quantitative estimate of drug-likeness (QED) is 0.113. The van der Waals surface area contributed by atoms with E-state index in [1.54, 1.807) is 14.1 Å². The number of thiophene rings is 2. The minimum Gasteiger partial charge on any atom is -0.342 e. The average molecular weight is 631 g/mol. The summed E-state index contributed by atoms with van der Waals surface area (Å²) >= 11 is 2.96. The Kier molecular flexibility index (Phi) is 5.34. The molecule has 2 aliphatic rings. The molecular weight excluding hydrogens is 616 g/mol. The van der Waals surface area contributed by atoms with Crippen molar-refractivity contribution in [1.29, 1.82) is 0 Å². The summed E-state index contributed by atoms with van der Waals surface area (Å²) in [4.78, 5) is 51.6. The molecule has 0 spiro atoms. The highest BCUT2D eigenvalue weighted by Crippen LogP contribution is 2.46. The topological polar surface area (TPSA) is 78.1 Å². The standard InChI is InChI=1S/C32H14F4N2O4S2/c1-37-11(3-17-27(39)13-7-19(33)20(34)8-14(13)28(17)40)5-23-25(37)31-32(43-23)26-24(44-31)6-12(38(26)2)4-18-29(41)15-9-21(35)22(36)10-16(15)30(18)42/h3-10H,1-2H3. The second kappa shape index (κ2) is 8.80. The Bertz CT molecular complexity index is 2230. The first-order valence-corrected chi connectivity index (χ1v) is 14.7. The fraction of sp³-hybridized carbons (Fsp3) is 0.0625. The number of nitrogens with zero attached hydrogens (tertiary/aromatic N) is 2. The largest absolute Gasteiger partial charge is 0.342 e. The van der Waals surface area contributed by atoms with Crippen molar-refractivity contribution in [2.45, 2.75) is 0 Å². The van der Waals surface area contributed by atoms with Crippen LogP contribution in [0.4, 0.5) is 17.6 Å². The van der Waals surface area contributed by atoms with Crippen LogP contribution in [-0.4, -0.2) is 32.3 Å². The molecule has 0 saturated carbocycles. The fourth-order valence-corrected chi connectivity index (χ4v) is 8.88. The number of carbonyl (C=O) groups is 4. The zero-order valence-electron chi connectivity index (χ0n) is 22.5. The van der Waals surface area contributed by atoms with Gasteiger partial charge in [0.1, 0.15) is 0 Å². The summed E-state index contributed by atoms with van der Waals surface area (Å²) in [5, 5.41) is 0. The molecule has 0 radical (unpaired) electrons. The van der Waals surface area contributed by atoms with Crippen molar-refractivity contribution < 1.29 is 36.7 Å². The minimum atomic E-state index is -1.20. The molecule has 0 unspecified atom stereocenters. The first-order valence-electron chi connectivity index (χ1n) is 13.0. The Labute approximate surface area is 251 Å². The van der Waals surface area contributed by atoms with E-state index in [0.717, 1.165) is 54.1 Å². The molecule has 0 amide bonds. The molecule has 8 rings (SSSR count). The Morgan fingerprint density at radius 3 is 1.11 bits per heavy atom. The van der Waals surface area contributed by atoms with Crippen molar-refractivity contribution in [3.63, 3.8) is 0 Å². The number of aromatic nitrogens is 2. The molecule has 2 aliphatic carbocycles.